The molecule has 1 N–H and O–H groups in total. The van der Waals surface area contributed by atoms with Crippen molar-refractivity contribution in [1.82, 2.24) is 4.98 Å². The van der Waals surface area contributed by atoms with E-state index in [1.165, 1.54) is 10.5 Å². The summed E-state index contributed by atoms with van der Waals surface area (Å²) in [6, 6.07) is 16.3. The molecule has 0 aliphatic rings. The summed E-state index contributed by atoms with van der Waals surface area (Å²) < 4.78 is 0. The molecule has 0 bridgehead atoms. The van der Waals surface area contributed by atoms with E-state index >= 15 is 0 Å². The zero-order valence-corrected chi connectivity index (χ0v) is 12.7. The minimum Gasteiger partial charge on any atom is -0.388 e. The van der Waals surface area contributed by atoms with Crippen molar-refractivity contribution in [2.75, 3.05) is 5.75 Å². The van der Waals surface area contributed by atoms with Gasteiger partial charge in [0.15, 0.2) is 0 Å². The van der Waals surface area contributed by atoms with E-state index in [1.807, 2.05) is 36.5 Å². The molecular weight excluding hydrogens is 278 g/mol. The number of benzene rings is 2. The molecule has 0 amide bonds. The number of fused-ring (bicyclic) bond motifs is 1. The van der Waals surface area contributed by atoms with E-state index in [0.29, 0.717) is 5.75 Å². The van der Waals surface area contributed by atoms with Gasteiger partial charge in [-0.1, -0.05) is 35.9 Å². The third-order valence-corrected chi connectivity index (χ3v) is 4.54. The number of nitrogens with zero attached hydrogens (tertiary/aromatic N) is 1. The Hall–Kier alpha value is -1.84. The number of aliphatic hydroxyl groups excluding tert-OH is 1. The highest BCUT2D eigenvalue weighted by Gasteiger charge is 2.11. The van der Waals surface area contributed by atoms with Crippen molar-refractivity contribution < 1.29 is 5.11 Å². The summed E-state index contributed by atoms with van der Waals surface area (Å²) in [4.78, 5) is 5.36. The van der Waals surface area contributed by atoms with Gasteiger partial charge < -0.3 is 5.11 Å². The van der Waals surface area contributed by atoms with E-state index in [4.69, 9.17) is 0 Å². The van der Waals surface area contributed by atoms with E-state index in [-0.39, 0.29) is 0 Å². The molecule has 0 saturated heterocycles. The lowest BCUT2D eigenvalue weighted by Crippen LogP contribution is -2.01. The second-order valence-electron chi connectivity index (χ2n) is 5.09. The quantitative estimate of drug-likeness (QED) is 0.726. The molecule has 0 saturated carbocycles. The molecule has 0 aliphatic carbocycles. The minimum absolute atomic E-state index is 0.497. The Morgan fingerprint density at radius 3 is 2.86 bits per heavy atom. The highest BCUT2D eigenvalue weighted by molar-refractivity contribution is 7.99. The van der Waals surface area contributed by atoms with Gasteiger partial charge in [0.05, 0.1) is 6.10 Å². The molecule has 1 unspecified atom stereocenters. The highest BCUT2D eigenvalue weighted by Crippen LogP contribution is 2.29. The average Bonchev–Trinajstić information content (AvgIpc) is 2.52. The van der Waals surface area contributed by atoms with Crippen LogP contribution in [0.5, 0.6) is 0 Å². The predicted octanol–water partition coefficient (Wildman–Crippen LogP) is 4.37. The standard InChI is InChI=1S/C18H17NOS/c1-13-4-2-6-15(10-13)21-12-18(20)16-7-3-5-14-8-9-19-11-17(14)16/h2-11,18,20H,12H2,1H3. The van der Waals surface area contributed by atoms with Crippen molar-refractivity contribution in [1.29, 1.82) is 0 Å². The largest absolute Gasteiger partial charge is 0.388 e. The molecule has 0 aliphatic heterocycles. The molecule has 0 fully saturated rings. The van der Waals surface area contributed by atoms with Crippen LogP contribution in [0.1, 0.15) is 17.2 Å². The molecule has 3 aromatic rings. The van der Waals surface area contributed by atoms with E-state index < -0.39 is 6.10 Å². The second kappa shape index (κ2) is 6.29. The van der Waals surface area contributed by atoms with Crippen molar-refractivity contribution in [3.63, 3.8) is 0 Å². The Morgan fingerprint density at radius 1 is 1.14 bits per heavy atom. The van der Waals surface area contributed by atoms with Crippen LogP contribution in [0.25, 0.3) is 10.8 Å². The number of aliphatic hydroxyl groups is 1. The highest BCUT2D eigenvalue weighted by atomic mass is 32.2. The maximum Gasteiger partial charge on any atom is 0.0890 e. The van der Waals surface area contributed by atoms with Crippen LogP contribution in [-0.4, -0.2) is 15.8 Å². The smallest absolute Gasteiger partial charge is 0.0890 e. The molecule has 2 nitrogen and oxygen atoms in total. The molecule has 1 atom stereocenters. The lowest BCUT2D eigenvalue weighted by molar-refractivity contribution is 0.205. The lowest BCUT2D eigenvalue weighted by atomic mass is 10.0. The number of hydrogen-bond donors (Lipinski definition) is 1. The number of thioether (sulfide) groups is 1. The molecule has 1 heterocycles. The van der Waals surface area contributed by atoms with Gasteiger partial charge in [0.1, 0.15) is 0 Å². The van der Waals surface area contributed by atoms with Crippen LogP contribution in [0.2, 0.25) is 0 Å². The zero-order valence-electron chi connectivity index (χ0n) is 11.9. The van der Waals surface area contributed by atoms with Crippen molar-refractivity contribution in [2.45, 2.75) is 17.9 Å². The second-order valence-corrected chi connectivity index (χ2v) is 6.18. The van der Waals surface area contributed by atoms with E-state index in [0.717, 1.165) is 16.3 Å². The summed E-state index contributed by atoms with van der Waals surface area (Å²) in [5.74, 6) is 0.636. The fourth-order valence-electron chi connectivity index (χ4n) is 2.40. The summed E-state index contributed by atoms with van der Waals surface area (Å²) in [5, 5.41) is 12.6. The van der Waals surface area contributed by atoms with Crippen molar-refractivity contribution in [3.8, 4) is 0 Å². The lowest BCUT2D eigenvalue weighted by Gasteiger charge is -2.13. The van der Waals surface area contributed by atoms with Crippen LogP contribution >= 0.6 is 11.8 Å². The molecule has 106 valence electrons. The van der Waals surface area contributed by atoms with Gasteiger partial charge in [-0.2, -0.15) is 0 Å². The summed E-state index contributed by atoms with van der Waals surface area (Å²) in [5.41, 5.74) is 2.18. The molecule has 0 spiro atoms. The Balaban J connectivity index is 1.79. The SMILES string of the molecule is Cc1cccc(SCC(O)c2cccc3ccncc23)c1. The van der Waals surface area contributed by atoms with Gasteiger partial charge in [0.2, 0.25) is 0 Å². The molecule has 3 heteroatoms. The topological polar surface area (TPSA) is 33.1 Å². The Labute approximate surface area is 128 Å². The number of rotatable bonds is 4. The Bertz CT molecular complexity index is 752. The van der Waals surface area contributed by atoms with Crippen LogP contribution < -0.4 is 0 Å². The zero-order chi connectivity index (χ0) is 14.7. The summed E-state index contributed by atoms with van der Waals surface area (Å²) in [6.45, 7) is 2.08. The van der Waals surface area contributed by atoms with Gasteiger partial charge in [-0.05, 0) is 36.1 Å². The molecular formula is C18H17NOS. The third-order valence-electron chi connectivity index (χ3n) is 3.47. The van der Waals surface area contributed by atoms with Crippen LogP contribution in [-0.2, 0) is 0 Å². The van der Waals surface area contributed by atoms with Crippen LogP contribution in [0, 0.1) is 6.92 Å². The van der Waals surface area contributed by atoms with Crippen LogP contribution in [0.15, 0.2) is 65.8 Å². The number of aromatic nitrogens is 1. The fourth-order valence-corrected chi connectivity index (χ4v) is 3.37. The maximum absolute atomic E-state index is 10.5. The average molecular weight is 295 g/mol. The van der Waals surface area contributed by atoms with E-state index in [2.05, 4.69) is 30.1 Å². The summed E-state index contributed by atoms with van der Waals surface area (Å²) in [6.07, 6.45) is 3.11. The van der Waals surface area contributed by atoms with Gasteiger partial charge in [-0.15, -0.1) is 11.8 Å². The van der Waals surface area contributed by atoms with Crippen molar-refractivity contribution in [2.24, 2.45) is 0 Å². The third kappa shape index (κ3) is 3.26. The van der Waals surface area contributed by atoms with Crippen LogP contribution in [0.3, 0.4) is 0 Å². The summed E-state index contributed by atoms with van der Waals surface area (Å²) >= 11 is 1.68. The summed E-state index contributed by atoms with van der Waals surface area (Å²) in [7, 11) is 0. The molecule has 3 rings (SSSR count). The fraction of sp³-hybridized carbons (Fsp3) is 0.167. The normalized spacial score (nSPS) is 12.5. The number of aryl methyl sites for hydroxylation is 1. The van der Waals surface area contributed by atoms with Gasteiger partial charge in [-0.3, -0.25) is 4.98 Å². The van der Waals surface area contributed by atoms with Crippen LogP contribution in [0.4, 0.5) is 0 Å². The molecule has 2 aromatic carbocycles. The number of pyridine rings is 1. The molecule has 21 heavy (non-hydrogen) atoms. The Morgan fingerprint density at radius 2 is 2.00 bits per heavy atom. The van der Waals surface area contributed by atoms with E-state index in [9.17, 15) is 5.11 Å². The number of hydrogen-bond acceptors (Lipinski definition) is 3. The van der Waals surface area contributed by atoms with E-state index in [1.54, 1.807) is 18.0 Å². The Kier molecular flexibility index (Phi) is 4.23. The maximum atomic E-state index is 10.5. The first-order chi connectivity index (χ1) is 10.2. The first-order valence-electron chi connectivity index (χ1n) is 6.94. The first-order valence-corrected chi connectivity index (χ1v) is 7.93. The van der Waals surface area contributed by atoms with Gasteiger partial charge in [-0.25, -0.2) is 0 Å². The van der Waals surface area contributed by atoms with Crippen molar-refractivity contribution in [3.05, 3.63) is 72.1 Å². The van der Waals surface area contributed by atoms with Crippen molar-refractivity contribution >= 4 is 22.5 Å². The predicted molar refractivity (Wildman–Crippen MR) is 88.6 cm³/mol. The molecule has 1 aromatic heterocycles. The van der Waals surface area contributed by atoms with Gasteiger partial charge >= 0.3 is 0 Å². The minimum atomic E-state index is -0.497. The molecule has 0 radical (unpaired) electrons. The monoisotopic (exact) mass is 295 g/mol. The first kappa shape index (κ1) is 14.1. The van der Waals surface area contributed by atoms with Gasteiger partial charge in [0, 0.05) is 28.4 Å². The van der Waals surface area contributed by atoms with Gasteiger partial charge in [0.25, 0.3) is 0 Å².